The number of halogens is 1. The van der Waals surface area contributed by atoms with Gasteiger partial charge in [0.05, 0.1) is 0 Å². The second kappa shape index (κ2) is 6.64. The number of benzene rings is 2. The lowest BCUT2D eigenvalue weighted by molar-refractivity contribution is 0.262. The maximum atomic E-state index is 12.2. The van der Waals surface area contributed by atoms with Crippen molar-refractivity contribution in [3.05, 3.63) is 58.6 Å². The van der Waals surface area contributed by atoms with Gasteiger partial charge in [0.2, 0.25) is 0 Å². The van der Waals surface area contributed by atoms with Crippen molar-refractivity contribution in [3.63, 3.8) is 0 Å². The molecule has 0 saturated carbocycles. The van der Waals surface area contributed by atoms with E-state index in [4.69, 9.17) is 11.6 Å². The standard InChI is InChI=1S/C17H19ClN2O/c1-11(2)14-6-4-5-7-15(14)19-17(21)20-16-10-13(18)9-8-12(16)3/h4-11H,1-3H3,(H2,19,20,21). The summed E-state index contributed by atoms with van der Waals surface area (Å²) in [5.74, 6) is 0.342. The average molecular weight is 303 g/mol. The molecular weight excluding hydrogens is 284 g/mol. The minimum Gasteiger partial charge on any atom is -0.307 e. The molecule has 2 aromatic carbocycles. The van der Waals surface area contributed by atoms with Crippen LogP contribution >= 0.6 is 11.6 Å². The Hall–Kier alpha value is -2.00. The van der Waals surface area contributed by atoms with Gasteiger partial charge >= 0.3 is 6.03 Å². The van der Waals surface area contributed by atoms with Gasteiger partial charge in [-0.05, 0) is 42.2 Å². The Morgan fingerprint density at radius 1 is 1.05 bits per heavy atom. The number of carbonyl (C=O) groups excluding carboxylic acids is 1. The number of carbonyl (C=O) groups is 1. The van der Waals surface area contributed by atoms with Gasteiger partial charge in [-0.3, -0.25) is 0 Å². The normalized spacial score (nSPS) is 10.5. The SMILES string of the molecule is Cc1ccc(Cl)cc1NC(=O)Nc1ccccc1C(C)C. The molecule has 110 valence electrons. The van der Waals surface area contributed by atoms with E-state index in [-0.39, 0.29) is 6.03 Å². The summed E-state index contributed by atoms with van der Waals surface area (Å²) in [5.41, 5.74) is 3.61. The molecule has 3 nitrogen and oxygen atoms in total. The van der Waals surface area contributed by atoms with Gasteiger partial charge in [-0.1, -0.05) is 49.7 Å². The Kier molecular flexibility index (Phi) is 4.86. The molecule has 0 fully saturated rings. The first-order valence-electron chi connectivity index (χ1n) is 6.90. The van der Waals surface area contributed by atoms with E-state index < -0.39 is 0 Å². The summed E-state index contributed by atoms with van der Waals surface area (Å²) < 4.78 is 0. The maximum Gasteiger partial charge on any atom is 0.323 e. The molecule has 0 aromatic heterocycles. The van der Waals surface area contributed by atoms with Crippen LogP contribution in [0.2, 0.25) is 5.02 Å². The molecule has 0 radical (unpaired) electrons. The third-order valence-electron chi connectivity index (χ3n) is 3.28. The van der Waals surface area contributed by atoms with E-state index in [1.165, 1.54) is 0 Å². The third-order valence-corrected chi connectivity index (χ3v) is 3.51. The van der Waals surface area contributed by atoms with Crippen LogP contribution < -0.4 is 10.6 Å². The van der Waals surface area contributed by atoms with Crippen LogP contribution in [0.5, 0.6) is 0 Å². The molecule has 0 aliphatic heterocycles. The van der Waals surface area contributed by atoms with Crippen LogP contribution in [0.1, 0.15) is 30.9 Å². The molecule has 21 heavy (non-hydrogen) atoms. The lowest BCUT2D eigenvalue weighted by Gasteiger charge is -2.15. The molecule has 0 aliphatic carbocycles. The number of anilines is 2. The molecule has 4 heteroatoms. The number of nitrogens with one attached hydrogen (secondary N) is 2. The highest BCUT2D eigenvalue weighted by atomic mass is 35.5. The van der Waals surface area contributed by atoms with Crippen LogP contribution in [0.4, 0.5) is 16.2 Å². The fourth-order valence-electron chi connectivity index (χ4n) is 2.12. The van der Waals surface area contributed by atoms with Crippen LogP contribution in [0, 0.1) is 6.92 Å². The van der Waals surface area contributed by atoms with Crippen LogP contribution in [-0.2, 0) is 0 Å². The largest absolute Gasteiger partial charge is 0.323 e. The lowest BCUT2D eigenvalue weighted by atomic mass is 10.0. The van der Waals surface area contributed by atoms with Crippen molar-refractivity contribution < 1.29 is 4.79 Å². The van der Waals surface area contributed by atoms with Crippen molar-refractivity contribution in [2.45, 2.75) is 26.7 Å². The Balaban J connectivity index is 2.14. The van der Waals surface area contributed by atoms with E-state index in [1.807, 2.05) is 37.3 Å². The van der Waals surface area contributed by atoms with Crippen molar-refractivity contribution in [2.24, 2.45) is 0 Å². The molecule has 0 bridgehead atoms. The van der Waals surface area contributed by atoms with Gasteiger partial charge in [-0.15, -0.1) is 0 Å². The average Bonchev–Trinajstić information content (AvgIpc) is 2.43. The van der Waals surface area contributed by atoms with Crippen molar-refractivity contribution in [1.29, 1.82) is 0 Å². The monoisotopic (exact) mass is 302 g/mol. The third kappa shape index (κ3) is 3.99. The first-order chi connectivity index (χ1) is 9.97. The van der Waals surface area contributed by atoms with Crippen LogP contribution in [-0.4, -0.2) is 6.03 Å². The molecular formula is C17H19ClN2O. The summed E-state index contributed by atoms with van der Waals surface area (Å²) in [6, 6.07) is 12.9. The Labute approximate surface area is 130 Å². The van der Waals surface area contributed by atoms with Gasteiger partial charge in [-0.2, -0.15) is 0 Å². The van der Waals surface area contributed by atoms with Crippen LogP contribution in [0.3, 0.4) is 0 Å². The van der Waals surface area contributed by atoms with Crippen LogP contribution in [0.25, 0.3) is 0 Å². The molecule has 0 saturated heterocycles. The number of urea groups is 1. The first kappa shape index (κ1) is 15.4. The van der Waals surface area contributed by atoms with Crippen molar-refractivity contribution in [2.75, 3.05) is 10.6 Å². The molecule has 2 N–H and O–H groups in total. The fraction of sp³-hybridized carbons (Fsp3) is 0.235. The quantitative estimate of drug-likeness (QED) is 0.781. The Morgan fingerprint density at radius 3 is 2.43 bits per heavy atom. The highest BCUT2D eigenvalue weighted by Crippen LogP contribution is 2.24. The van der Waals surface area contributed by atoms with E-state index >= 15 is 0 Å². The number of aryl methyl sites for hydroxylation is 1. The summed E-state index contributed by atoms with van der Waals surface area (Å²) in [5, 5.41) is 6.32. The zero-order chi connectivity index (χ0) is 15.4. The smallest absolute Gasteiger partial charge is 0.307 e. The molecule has 0 atom stereocenters. The van der Waals surface area contributed by atoms with Crippen molar-refractivity contribution in [1.82, 2.24) is 0 Å². The summed E-state index contributed by atoms with van der Waals surface area (Å²) >= 11 is 5.96. The van der Waals surface area contributed by atoms with Gasteiger partial charge in [0, 0.05) is 16.4 Å². The molecule has 0 spiro atoms. The van der Waals surface area contributed by atoms with E-state index in [0.717, 1.165) is 16.8 Å². The highest BCUT2D eigenvalue weighted by molar-refractivity contribution is 6.31. The van der Waals surface area contributed by atoms with E-state index in [1.54, 1.807) is 12.1 Å². The number of rotatable bonds is 3. The number of hydrogen-bond acceptors (Lipinski definition) is 1. The summed E-state index contributed by atoms with van der Waals surface area (Å²) in [6.45, 7) is 6.12. The molecule has 0 heterocycles. The lowest BCUT2D eigenvalue weighted by Crippen LogP contribution is -2.21. The van der Waals surface area contributed by atoms with Crippen molar-refractivity contribution >= 4 is 29.0 Å². The number of para-hydroxylation sites is 1. The van der Waals surface area contributed by atoms with Gasteiger partial charge < -0.3 is 10.6 Å². The Bertz CT molecular complexity index is 653. The maximum absolute atomic E-state index is 12.2. The van der Waals surface area contributed by atoms with E-state index in [2.05, 4.69) is 24.5 Å². The second-order valence-corrected chi connectivity index (χ2v) is 5.72. The number of amides is 2. The van der Waals surface area contributed by atoms with Crippen molar-refractivity contribution in [3.8, 4) is 0 Å². The summed E-state index contributed by atoms with van der Waals surface area (Å²) in [7, 11) is 0. The molecule has 2 amide bonds. The first-order valence-corrected chi connectivity index (χ1v) is 7.28. The minimum absolute atomic E-state index is 0.270. The topological polar surface area (TPSA) is 41.1 Å². The predicted molar refractivity (Wildman–Crippen MR) is 89.4 cm³/mol. The van der Waals surface area contributed by atoms with E-state index in [0.29, 0.717) is 16.6 Å². The fourth-order valence-corrected chi connectivity index (χ4v) is 2.29. The summed E-state index contributed by atoms with van der Waals surface area (Å²) in [4.78, 5) is 12.2. The van der Waals surface area contributed by atoms with Crippen LogP contribution in [0.15, 0.2) is 42.5 Å². The van der Waals surface area contributed by atoms with Gasteiger partial charge in [-0.25, -0.2) is 4.79 Å². The van der Waals surface area contributed by atoms with Gasteiger partial charge in [0.25, 0.3) is 0 Å². The zero-order valence-electron chi connectivity index (χ0n) is 12.4. The molecule has 2 rings (SSSR count). The highest BCUT2D eigenvalue weighted by Gasteiger charge is 2.10. The molecule has 0 unspecified atom stereocenters. The molecule has 2 aromatic rings. The minimum atomic E-state index is -0.270. The van der Waals surface area contributed by atoms with Gasteiger partial charge in [0.15, 0.2) is 0 Å². The number of hydrogen-bond donors (Lipinski definition) is 2. The van der Waals surface area contributed by atoms with E-state index in [9.17, 15) is 4.79 Å². The zero-order valence-corrected chi connectivity index (χ0v) is 13.2. The predicted octanol–water partition coefficient (Wildman–Crippen LogP) is 5.42. The van der Waals surface area contributed by atoms with Gasteiger partial charge in [0.1, 0.15) is 0 Å². The molecule has 0 aliphatic rings. The summed E-state index contributed by atoms with van der Waals surface area (Å²) in [6.07, 6.45) is 0. The Morgan fingerprint density at radius 2 is 1.71 bits per heavy atom. The second-order valence-electron chi connectivity index (χ2n) is 5.28.